The lowest BCUT2D eigenvalue weighted by atomic mass is 10.2. The summed E-state index contributed by atoms with van der Waals surface area (Å²) in [7, 11) is 0. The van der Waals surface area contributed by atoms with E-state index < -0.39 is 0 Å². The molecule has 0 atom stereocenters. The lowest BCUT2D eigenvalue weighted by Gasteiger charge is -2.13. The fourth-order valence-corrected chi connectivity index (χ4v) is 2.06. The second-order valence-electron chi connectivity index (χ2n) is 4.28. The van der Waals surface area contributed by atoms with Gasteiger partial charge in [-0.1, -0.05) is 32.0 Å². The van der Waals surface area contributed by atoms with Gasteiger partial charge in [-0.2, -0.15) is 0 Å². The zero-order valence-corrected chi connectivity index (χ0v) is 10.1. The Morgan fingerprint density at radius 2 is 1.94 bits per heavy atom. The molecular weight excluding hydrogens is 196 g/mol. The van der Waals surface area contributed by atoms with E-state index >= 15 is 0 Å². The zero-order chi connectivity index (χ0) is 11.4. The van der Waals surface area contributed by atoms with Gasteiger partial charge < -0.3 is 10.3 Å². The Labute approximate surface area is 97.1 Å². The molecule has 0 radical (unpaired) electrons. The molecule has 0 saturated heterocycles. The van der Waals surface area contributed by atoms with E-state index in [1.165, 1.54) is 29.4 Å². The number of aromatic nitrogens is 1. The molecule has 2 heteroatoms. The smallest absolute Gasteiger partial charge is 0.0456 e. The minimum Gasteiger partial charge on any atom is -0.357 e. The standard InChI is InChI=1S/C14H20N2/c1-3-12(4-2)15-10-13-9-11-7-5-6-8-14(11)16-13/h5-9,12,15-16H,3-4,10H2,1-2H3. The molecule has 0 aliphatic heterocycles. The van der Waals surface area contributed by atoms with Gasteiger partial charge in [0.05, 0.1) is 0 Å². The molecule has 1 aromatic heterocycles. The Hall–Kier alpha value is -1.28. The molecule has 1 heterocycles. The second kappa shape index (κ2) is 5.17. The van der Waals surface area contributed by atoms with Crippen molar-refractivity contribution in [2.24, 2.45) is 0 Å². The van der Waals surface area contributed by atoms with E-state index in [0.29, 0.717) is 6.04 Å². The first-order chi connectivity index (χ1) is 7.83. The minimum atomic E-state index is 0.631. The summed E-state index contributed by atoms with van der Waals surface area (Å²) in [5, 5.41) is 4.86. The van der Waals surface area contributed by atoms with Gasteiger partial charge in [-0.3, -0.25) is 0 Å². The number of rotatable bonds is 5. The van der Waals surface area contributed by atoms with Gasteiger partial charge in [0.1, 0.15) is 0 Å². The summed E-state index contributed by atoms with van der Waals surface area (Å²) < 4.78 is 0. The number of para-hydroxylation sites is 1. The number of hydrogen-bond acceptors (Lipinski definition) is 1. The maximum absolute atomic E-state index is 3.57. The molecule has 0 bridgehead atoms. The van der Waals surface area contributed by atoms with Gasteiger partial charge >= 0.3 is 0 Å². The van der Waals surface area contributed by atoms with Crippen molar-refractivity contribution in [3.8, 4) is 0 Å². The van der Waals surface area contributed by atoms with E-state index in [-0.39, 0.29) is 0 Å². The summed E-state index contributed by atoms with van der Waals surface area (Å²) in [5.74, 6) is 0. The van der Waals surface area contributed by atoms with Gasteiger partial charge in [0.15, 0.2) is 0 Å². The van der Waals surface area contributed by atoms with Crippen LogP contribution in [-0.4, -0.2) is 11.0 Å². The lowest BCUT2D eigenvalue weighted by Crippen LogP contribution is -2.27. The van der Waals surface area contributed by atoms with Crippen LogP contribution in [0, 0.1) is 0 Å². The molecule has 86 valence electrons. The van der Waals surface area contributed by atoms with E-state index in [9.17, 15) is 0 Å². The van der Waals surface area contributed by atoms with Crippen LogP contribution in [0.25, 0.3) is 10.9 Å². The highest BCUT2D eigenvalue weighted by atomic mass is 14.9. The first kappa shape index (κ1) is 11.2. The predicted octanol–water partition coefficient (Wildman–Crippen LogP) is 3.45. The van der Waals surface area contributed by atoms with Crippen LogP contribution in [0.2, 0.25) is 0 Å². The molecule has 0 amide bonds. The van der Waals surface area contributed by atoms with Crippen LogP contribution in [0.15, 0.2) is 30.3 Å². The van der Waals surface area contributed by atoms with Crippen LogP contribution in [0.5, 0.6) is 0 Å². The number of benzene rings is 1. The molecule has 0 spiro atoms. The fourth-order valence-electron chi connectivity index (χ4n) is 2.06. The van der Waals surface area contributed by atoms with Crippen molar-refractivity contribution in [2.75, 3.05) is 0 Å². The van der Waals surface area contributed by atoms with E-state index in [0.717, 1.165) is 6.54 Å². The summed E-state index contributed by atoms with van der Waals surface area (Å²) in [6, 6.07) is 11.3. The zero-order valence-electron chi connectivity index (χ0n) is 10.1. The van der Waals surface area contributed by atoms with Gasteiger partial charge in [0, 0.05) is 23.8 Å². The number of hydrogen-bond donors (Lipinski definition) is 2. The van der Waals surface area contributed by atoms with Crippen LogP contribution in [0.1, 0.15) is 32.4 Å². The minimum absolute atomic E-state index is 0.631. The Bertz CT molecular complexity index is 408. The average Bonchev–Trinajstić information content (AvgIpc) is 2.73. The molecule has 16 heavy (non-hydrogen) atoms. The molecule has 0 fully saturated rings. The largest absolute Gasteiger partial charge is 0.357 e. The first-order valence-corrected chi connectivity index (χ1v) is 6.13. The maximum atomic E-state index is 3.57. The van der Waals surface area contributed by atoms with Crippen molar-refractivity contribution in [1.82, 2.24) is 10.3 Å². The number of fused-ring (bicyclic) bond motifs is 1. The van der Waals surface area contributed by atoms with Crippen LogP contribution in [0.3, 0.4) is 0 Å². The third-order valence-corrected chi connectivity index (χ3v) is 3.15. The van der Waals surface area contributed by atoms with Crippen molar-refractivity contribution < 1.29 is 0 Å². The Morgan fingerprint density at radius 3 is 2.62 bits per heavy atom. The molecule has 1 aromatic carbocycles. The van der Waals surface area contributed by atoms with E-state index in [2.05, 4.69) is 54.5 Å². The van der Waals surface area contributed by atoms with Crippen molar-refractivity contribution in [1.29, 1.82) is 0 Å². The fraction of sp³-hybridized carbons (Fsp3) is 0.429. The molecule has 2 aromatic rings. The second-order valence-corrected chi connectivity index (χ2v) is 4.28. The van der Waals surface area contributed by atoms with Crippen molar-refractivity contribution in [3.63, 3.8) is 0 Å². The van der Waals surface area contributed by atoms with Gasteiger partial charge in [0.25, 0.3) is 0 Å². The van der Waals surface area contributed by atoms with Crippen molar-refractivity contribution in [3.05, 3.63) is 36.0 Å². The molecule has 0 saturated carbocycles. The summed E-state index contributed by atoms with van der Waals surface area (Å²) >= 11 is 0. The summed E-state index contributed by atoms with van der Waals surface area (Å²) in [5.41, 5.74) is 2.50. The molecule has 0 aliphatic carbocycles. The van der Waals surface area contributed by atoms with Gasteiger partial charge in [-0.05, 0) is 30.4 Å². The summed E-state index contributed by atoms with van der Waals surface area (Å²) in [4.78, 5) is 3.44. The number of H-pyrrole nitrogens is 1. The topological polar surface area (TPSA) is 27.8 Å². The Morgan fingerprint density at radius 1 is 1.19 bits per heavy atom. The number of nitrogens with one attached hydrogen (secondary N) is 2. The average molecular weight is 216 g/mol. The summed E-state index contributed by atoms with van der Waals surface area (Å²) in [6.07, 6.45) is 2.38. The highest BCUT2D eigenvalue weighted by Gasteiger charge is 2.04. The molecule has 0 aliphatic rings. The third-order valence-electron chi connectivity index (χ3n) is 3.15. The summed E-state index contributed by atoms with van der Waals surface area (Å²) in [6.45, 7) is 5.39. The normalized spacial score (nSPS) is 11.4. The molecular formula is C14H20N2. The predicted molar refractivity (Wildman–Crippen MR) is 69.5 cm³/mol. The maximum Gasteiger partial charge on any atom is 0.0456 e. The van der Waals surface area contributed by atoms with E-state index in [1.54, 1.807) is 0 Å². The molecule has 2 N–H and O–H groups in total. The van der Waals surface area contributed by atoms with Crippen molar-refractivity contribution >= 4 is 10.9 Å². The van der Waals surface area contributed by atoms with Crippen LogP contribution in [0.4, 0.5) is 0 Å². The number of aromatic amines is 1. The Kier molecular flexibility index (Phi) is 3.62. The lowest BCUT2D eigenvalue weighted by molar-refractivity contribution is 0.481. The van der Waals surface area contributed by atoms with Gasteiger partial charge in [-0.25, -0.2) is 0 Å². The molecule has 0 unspecified atom stereocenters. The van der Waals surface area contributed by atoms with E-state index in [1.807, 2.05) is 0 Å². The Balaban J connectivity index is 2.04. The van der Waals surface area contributed by atoms with Gasteiger partial charge in [0.2, 0.25) is 0 Å². The van der Waals surface area contributed by atoms with Crippen molar-refractivity contribution in [2.45, 2.75) is 39.3 Å². The van der Waals surface area contributed by atoms with E-state index in [4.69, 9.17) is 0 Å². The molecule has 2 rings (SSSR count). The van der Waals surface area contributed by atoms with Crippen LogP contribution >= 0.6 is 0 Å². The third kappa shape index (κ3) is 2.45. The first-order valence-electron chi connectivity index (χ1n) is 6.13. The van der Waals surface area contributed by atoms with Crippen LogP contribution < -0.4 is 5.32 Å². The quantitative estimate of drug-likeness (QED) is 0.787. The monoisotopic (exact) mass is 216 g/mol. The SMILES string of the molecule is CCC(CC)NCc1cc2ccccc2[nH]1. The molecule has 2 nitrogen and oxygen atoms in total. The highest BCUT2D eigenvalue weighted by molar-refractivity contribution is 5.80. The van der Waals surface area contributed by atoms with Gasteiger partial charge in [-0.15, -0.1) is 0 Å². The highest BCUT2D eigenvalue weighted by Crippen LogP contribution is 2.14. The van der Waals surface area contributed by atoms with Crippen LogP contribution in [-0.2, 0) is 6.54 Å².